The van der Waals surface area contributed by atoms with Crippen molar-refractivity contribution in [3.63, 3.8) is 0 Å². The Morgan fingerprint density at radius 2 is 0.947 bits per heavy atom. The summed E-state index contributed by atoms with van der Waals surface area (Å²) in [7, 11) is 0. The van der Waals surface area contributed by atoms with E-state index in [2.05, 4.69) is 0 Å². The Hall–Kier alpha value is -7.83. The molecular weight excluding hydrogens is 701 g/mol. The van der Waals surface area contributed by atoms with E-state index in [0.717, 1.165) is 26.1 Å². The summed E-state index contributed by atoms with van der Waals surface area (Å²) in [5.74, 6) is -0.0387. The van der Waals surface area contributed by atoms with Crippen LogP contribution in [-0.4, -0.2) is 19.5 Å². The van der Waals surface area contributed by atoms with Gasteiger partial charge in [-0.25, -0.2) is 15.0 Å². The lowest BCUT2D eigenvalue weighted by Gasteiger charge is -2.14. The molecule has 0 atom stereocenters. The third kappa shape index (κ3) is 4.32. The Bertz CT molecular complexity index is 4440. The molecule has 0 fully saturated rings. The first-order valence-electron chi connectivity index (χ1n) is 25.0. The van der Waals surface area contributed by atoms with E-state index in [0.29, 0.717) is 33.5 Å². The van der Waals surface area contributed by atoms with Crippen LogP contribution < -0.4 is 0 Å². The van der Waals surface area contributed by atoms with Crippen molar-refractivity contribution in [1.29, 1.82) is 0 Å². The van der Waals surface area contributed by atoms with Crippen LogP contribution in [0.4, 0.5) is 0 Å². The molecule has 0 aliphatic rings. The molecule has 0 saturated heterocycles. The van der Waals surface area contributed by atoms with Gasteiger partial charge in [-0.1, -0.05) is 103 Å². The number of aromatic nitrogens is 4. The molecule has 0 unspecified atom stereocenters. The maximum Gasteiger partial charge on any atom is 0.164 e. The number of benzene rings is 9. The van der Waals surface area contributed by atoms with Gasteiger partial charge in [0.25, 0.3) is 0 Å². The largest absolute Gasteiger partial charge is 0.456 e. The summed E-state index contributed by atoms with van der Waals surface area (Å²) in [6, 6.07) is 16.6. The number of nitrogens with zero attached hydrogens (tertiary/aromatic N) is 4. The molecule has 6 heteroatoms. The lowest BCUT2D eigenvalue weighted by molar-refractivity contribution is 0.668. The van der Waals surface area contributed by atoms with Crippen molar-refractivity contribution in [3.8, 4) is 39.9 Å². The van der Waals surface area contributed by atoms with Crippen molar-refractivity contribution in [1.82, 2.24) is 19.5 Å². The van der Waals surface area contributed by atoms with E-state index in [1.165, 1.54) is 0 Å². The normalized spacial score (nSPS) is 15.6. The SMILES string of the molecule is [2H]c1c([2H])c([2H])c(-n2c3c([2H])c([2H])c([2H])c4c5c([2H])c([2H])c([2H])c([2H])c5c5c(-c6nc(-c7ccc8c(c7)oc7ccccc78)nc(-c7ccc8c(c7)oc7ccccc78)n6)c([2H])c([2H])c2c5c43)c([2H])c1[2H]. The van der Waals surface area contributed by atoms with Crippen molar-refractivity contribution in [2.45, 2.75) is 0 Å². The standard InChI is InChI=1S/C51H28N4O2/c1-2-11-31(12-3-1)55-40-18-10-17-38-32-13-4-5-16-37(32)46-39(25-26-41(55)48(46)47(38)40)51-53-49(29-21-23-35-33-14-6-8-19-42(33)56-44(35)27-29)52-50(54-51)30-22-24-36-34-15-7-9-20-43(34)57-45(36)28-30/h1-28H/i1D,2D,3D,4D,5D,10D,11D,12D,13D,16D,17D,18D,25D,26D. The number of para-hydroxylation sites is 3. The highest BCUT2D eigenvalue weighted by atomic mass is 16.3. The maximum absolute atomic E-state index is 9.99. The molecule has 0 N–H and O–H groups in total. The third-order valence-corrected chi connectivity index (χ3v) is 10.6. The molecule has 0 saturated carbocycles. The molecule has 4 aromatic heterocycles. The number of furan rings is 2. The van der Waals surface area contributed by atoms with E-state index < -0.39 is 90.3 Å². The van der Waals surface area contributed by atoms with Gasteiger partial charge in [-0.3, -0.25) is 0 Å². The molecule has 57 heavy (non-hydrogen) atoms. The minimum absolute atomic E-state index is 0.0479. The highest BCUT2D eigenvalue weighted by Crippen LogP contribution is 2.47. The Labute approximate surface area is 343 Å². The molecule has 13 aromatic rings. The zero-order valence-electron chi connectivity index (χ0n) is 43.2. The van der Waals surface area contributed by atoms with Gasteiger partial charge in [-0.2, -0.15) is 0 Å². The van der Waals surface area contributed by atoms with Crippen molar-refractivity contribution in [2.75, 3.05) is 0 Å². The number of hydrogen-bond donors (Lipinski definition) is 0. The van der Waals surface area contributed by atoms with Crippen molar-refractivity contribution < 1.29 is 28.0 Å². The smallest absolute Gasteiger partial charge is 0.164 e. The summed E-state index contributed by atoms with van der Waals surface area (Å²) in [6.45, 7) is 0. The Kier molecular flexibility index (Phi) is 4.02. The number of hydrogen-bond acceptors (Lipinski definition) is 5. The van der Waals surface area contributed by atoms with E-state index in [4.69, 9.17) is 34.8 Å². The summed E-state index contributed by atoms with van der Waals surface area (Å²) in [5, 5.41) is 2.52. The predicted molar refractivity (Wildman–Crippen MR) is 231 cm³/mol. The average Bonchev–Trinajstić information content (AvgIpc) is 4.06. The average molecular weight is 743 g/mol. The fourth-order valence-electron chi connectivity index (χ4n) is 8.17. The molecule has 0 spiro atoms. The van der Waals surface area contributed by atoms with Gasteiger partial charge in [0.1, 0.15) is 22.3 Å². The monoisotopic (exact) mass is 742 g/mol. The first-order chi connectivity index (χ1) is 34.1. The zero-order chi connectivity index (χ0) is 49.4. The minimum Gasteiger partial charge on any atom is -0.456 e. The van der Waals surface area contributed by atoms with Gasteiger partial charge in [0, 0.05) is 60.1 Å². The first-order valence-corrected chi connectivity index (χ1v) is 18.0. The van der Waals surface area contributed by atoms with E-state index >= 15 is 0 Å². The molecule has 9 aromatic carbocycles. The second-order valence-electron chi connectivity index (χ2n) is 13.7. The lowest BCUT2D eigenvalue weighted by Crippen LogP contribution is -2.01. The van der Waals surface area contributed by atoms with Gasteiger partial charge in [0.15, 0.2) is 17.5 Å². The van der Waals surface area contributed by atoms with Crippen LogP contribution in [0, 0.1) is 0 Å². The molecule has 264 valence electrons. The Morgan fingerprint density at radius 3 is 1.63 bits per heavy atom. The topological polar surface area (TPSA) is 69.9 Å². The summed E-state index contributed by atoms with van der Waals surface area (Å²) in [5.41, 5.74) is 1.98. The molecule has 13 rings (SSSR count). The van der Waals surface area contributed by atoms with Gasteiger partial charge in [0.05, 0.1) is 30.2 Å². The fourth-order valence-corrected chi connectivity index (χ4v) is 8.17. The lowest BCUT2D eigenvalue weighted by atomic mass is 9.91. The van der Waals surface area contributed by atoms with Crippen LogP contribution in [0.15, 0.2) is 178 Å². The highest BCUT2D eigenvalue weighted by Gasteiger charge is 2.24. The van der Waals surface area contributed by atoms with Crippen molar-refractivity contribution >= 4 is 87.2 Å². The first kappa shape index (κ1) is 20.2. The van der Waals surface area contributed by atoms with Crippen LogP contribution in [0.1, 0.15) is 19.2 Å². The highest BCUT2D eigenvalue weighted by molar-refractivity contribution is 6.36. The molecule has 0 bridgehead atoms. The minimum atomic E-state index is -0.745. The quantitative estimate of drug-likeness (QED) is 0.168. The second-order valence-corrected chi connectivity index (χ2v) is 13.7. The van der Waals surface area contributed by atoms with E-state index in [1.54, 1.807) is 24.3 Å². The van der Waals surface area contributed by atoms with Gasteiger partial charge in [0.2, 0.25) is 0 Å². The summed E-state index contributed by atoms with van der Waals surface area (Å²) in [4.78, 5) is 15.0. The van der Waals surface area contributed by atoms with Crippen molar-refractivity contribution in [2.24, 2.45) is 0 Å². The summed E-state index contributed by atoms with van der Waals surface area (Å²) >= 11 is 0. The van der Waals surface area contributed by atoms with E-state index in [1.807, 2.05) is 60.7 Å². The van der Waals surface area contributed by atoms with Crippen LogP contribution in [0.3, 0.4) is 0 Å². The molecule has 0 aliphatic carbocycles. The molecule has 4 heterocycles. The van der Waals surface area contributed by atoms with Gasteiger partial charge < -0.3 is 13.4 Å². The predicted octanol–water partition coefficient (Wildman–Crippen LogP) is 13.5. The third-order valence-electron chi connectivity index (χ3n) is 10.6. The van der Waals surface area contributed by atoms with E-state index in [9.17, 15) is 8.22 Å². The molecule has 6 nitrogen and oxygen atoms in total. The van der Waals surface area contributed by atoms with Crippen LogP contribution in [0.25, 0.3) is 127 Å². The van der Waals surface area contributed by atoms with Crippen LogP contribution in [0.5, 0.6) is 0 Å². The summed E-state index contributed by atoms with van der Waals surface area (Å²) in [6.07, 6.45) is 0. The zero-order valence-corrected chi connectivity index (χ0v) is 29.2. The van der Waals surface area contributed by atoms with Gasteiger partial charge >= 0.3 is 0 Å². The number of fused-ring (bicyclic) bond motifs is 9. The number of rotatable bonds is 4. The maximum atomic E-state index is 9.99. The van der Waals surface area contributed by atoms with E-state index in [-0.39, 0.29) is 66.4 Å². The molecule has 0 amide bonds. The Balaban J connectivity index is 1.23. The summed E-state index contributed by atoms with van der Waals surface area (Å²) < 4.78 is 142. The second kappa shape index (κ2) is 11.4. The van der Waals surface area contributed by atoms with Gasteiger partial charge in [-0.15, -0.1) is 0 Å². The molecule has 0 aliphatic heterocycles. The molecule has 0 radical (unpaired) electrons. The van der Waals surface area contributed by atoms with Crippen LogP contribution in [0.2, 0.25) is 0 Å². The fraction of sp³-hybridized carbons (Fsp3) is 0. The molecular formula is C51H28N4O2. The van der Waals surface area contributed by atoms with Gasteiger partial charge in [-0.05, 0) is 82.8 Å². The van der Waals surface area contributed by atoms with Crippen LogP contribution >= 0.6 is 0 Å². The van der Waals surface area contributed by atoms with Crippen molar-refractivity contribution in [3.05, 3.63) is 170 Å². The van der Waals surface area contributed by atoms with Crippen LogP contribution in [-0.2, 0) is 0 Å². The Morgan fingerprint density at radius 1 is 0.404 bits per heavy atom.